The highest BCUT2D eigenvalue weighted by Crippen LogP contribution is 2.21. The highest BCUT2D eigenvalue weighted by molar-refractivity contribution is 9.10. The van der Waals surface area contributed by atoms with Crippen molar-refractivity contribution in [3.05, 3.63) is 33.8 Å². The van der Waals surface area contributed by atoms with Crippen LogP contribution in [-0.4, -0.2) is 17.8 Å². The van der Waals surface area contributed by atoms with Gasteiger partial charge in [0.25, 0.3) is 5.91 Å². The molecule has 4 heteroatoms. The molecule has 0 spiro atoms. The largest absolute Gasteiger partial charge is 0.350 e. The maximum atomic E-state index is 12.0. The van der Waals surface area contributed by atoms with Crippen LogP contribution in [0.5, 0.6) is 0 Å². The number of amides is 1. The number of aryl methyl sites for hydroxylation is 1. The summed E-state index contributed by atoms with van der Waals surface area (Å²) in [5.74, 6) is 0.594. The Hall–Kier alpha value is -0.540. The molecule has 0 aromatic heterocycles. The van der Waals surface area contributed by atoms with Gasteiger partial charge in [-0.15, -0.1) is 11.6 Å². The van der Waals surface area contributed by atoms with E-state index in [1.54, 1.807) is 0 Å². The number of carbonyl (C=O) groups is 1. The molecule has 0 fully saturated rings. The summed E-state index contributed by atoms with van der Waals surface area (Å²) in [6, 6.07) is 5.82. The van der Waals surface area contributed by atoms with Crippen LogP contribution in [0, 0.1) is 6.92 Å². The van der Waals surface area contributed by atoms with E-state index in [4.69, 9.17) is 11.6 Å². The highest BCUT2D eigenvalue weighted by Gasteiger charge is 2.13. The van der Waals surface area contributed by atoms with Gasteiger partial charge in [-0.25, -0.2) is 0 Å². The topological polar surface area (TPSA) is 29.1 Å². The van der Waals surface area contributed by atoms with Crippen molar-refractivity contribution in [2.24, 2.45) is 0 Å². The lowest BCUT2D eigenvalue weighted by atomic mass is 10.1. The third kappa shape index (κ3) is 4.32. The lowest BCUT2D eigenvalue weighted by molar-refractivity contribution is 0.0937. The molecule has 1 amide bonds. The van der Waals surface area contributed by atoms with Crippen LogP contribution in [0.3, 0.4) is 0 Å². The maximum Gasteiger partial charge on any atom is 0.252 e. The van der Waals surface area contributed by atoms with Crippen LogP contribution in [0.15, 0.2) is 22.7 Å². The molecular formula is C13H17BrClNO. The Morgan fingerprint density at radius 3 is 2.88 bits per heavy atom. The average molecular weight is 319 g/mol. The van der Waals surface area contributed by atoms with Gasteiger partial charge < -0.3 is 5.32 Å². The van der Waals surface area contributed by atoms with Crippen molar-refractivity contribution < 1.29 is 4.79 Å². The molecule has 1 unspecified atom stereocenters. The van der Waals surface area contributed by atoms with Crippen LogP contribution in [0.25, 0.3) is 0 Å². The fourth-order valence-corrected chi connectivity index (χ4v) is 2.18. The van der Waals surface area contributed by atoms with E-state index in [9.17, 15) is 4.79 Å². The van der Waals surface area contributed by atoms with Gasteiger partial charge in [0.2, 0.25) is 0 Å². The van der Waals surface area contributed by atoms with Crippen molar-refractivity contribution in [1.82, 2.24) is 5.32 Å². The summed E-state index contributed by atoms with van der Waals surface area (Å²) in [4.78, 5) is 12.0. The van der Waals surface area contributed by atoms with E-state index in [0.717, 1.165) is 22.9 Å². The number of hydrogen-bond acceptors (Lipinski definition) is 1. The molecule has 94 valence electrons. The molecule has 0 saturated heterocycles. The summed E-state index contributed by atoms with van der Waals surface area (Å²) in [5.41, 5.74) is 1.74. The minimum absolute atomic E-state index is 0.0392. The van der Waals surface area contributed by atoms with Gasteiger partial charge in [-0.2, -0.15) is 0 Å². The quantitative estimate of drug-likeness (QED) is 0.820. The van der Waals surface area contributed by atoms with E-state index in [1.165, 1.54) is 0 Å². The minimum Gasteiger partial charge on any atom is -0.350 e. The summed E-state index contributed by atoms with van der Waals surface area (Å²) in [6.45, 7) is 3.96. The number of nitrogens with one attached hydrogen (secondary N) is 1. The van der Waals surface area contributed by atoms with E-state index in [0.29, 0.717) is 11.4 Å². The molecule has 17 heavy (non-hydrogen) atoms. The Morgan fingerprint density at radius 2 is 2.24 bits per heavy atom. The Kier molecular flexibility index (Phi) is 6.00. The minimum atomic E-state index is -0.0392. The molecule has 0 aliphatic rings. The first-order valence-electron chi connectivity index (χ1n) is 5.68. The van der Waals surface area contributed by atoms with Crippen molar-refractivity contribution in [2.45, 2.75) is 32.7 Å². The molecular weight excluding hydrogens is 302 g/mol. The highest BCUT2D eigenvalue weighted by atomic mass is 79.9. The van der Waals surface area contributed by atoms with Crippen molar-refractivity contribution in [3.8, 4) is 0 Å². The van der Waals surface area contributed by atoms with Gasteiger partial charge in [0.05, 0.1) is 5.56 Å². The molecule has 0 saturated carbocycles. The first-order chi connectivity index (χ1) is 8.06. The van der Waals surface area contributed by atoms with Crippen LogP contribution in [0.4, 0.5) is 0 Å². The Labute approximate surface area is 116 Å². The lowest BCUT2D eigenvalue weighted by Gasteiger charge is -2.14. The van der Waals surface area contributed by atoms with Crippen LogP contribution in [0.1, 0.15) is 35.7 Å². The fraction of sp³-hybridized carbons (Fsp3) is 0.462. The average Bonchev–Trinajstić information content (AvgIpc) is 2.29. The van der Waals surface area contributed by atoms with Gasteiger partial charge in [-0.3, -0.25) is 4.79 Å². The number of alkyl halides is 1. The van der Waals surface area contributed by atoms with Gasteiger partial charge >= 0.3 is 0 Å². The number of carbonyl (C=O) groups excluding carboxylic acids is 1. The number of halogens is 2. The summed E-state index contributed by atoms with van der Waals surface area (Å²) in [7, 11) is 0. The predicted molar refractivity (Wildman–Crippen MR) is 75.8 cm³/mol. The van der Waals surface area contributed by atoms with Crippen molar-refractivity contribution in [1.29, 1.82) is 0 Å². The van der Waals surface area contributed by atoms with E-state index in [2.05, 4.69) is 21.2 Å². The number of rotatable bonds is 5. The molecule has 2 nitrogen and oxygen atoms in total. The van der Waals surface area contributed by atoms with Crippen LogP contribution in [-0.2, 0) is 0 Å². The molecule has 0 heterocycles. The van der Waals surface area contributed by atoms with Crippen LogP contribution in [0.2, 0.25) is 0 Å². The zero-order chi connectivity index (χ0) is 12.8. The molecule has 1 atom stereocenters. The van der Waals surface area contributed by atoms with Gasteiger partial charge in [0.15, 0.2) is 0 Å². The molecule has 1 N–H and O–H groups in total. The summed E-state index contributed by atoms with van der Waals surface area (Å²) in [6.07, 6.45) is 1.82. The number of hydrogen-bond donors (Lipinski definition) is 1. The van der Waals surface area contributed by atoms with Crippen molar-refractivity contribution in [2.75, 3.05) is 5.88 Å². The zero-order valence-electron chi connectivity index (χ0n) is 10.1. The van der Waals surface area contributed by atoms with E-state index in [-0.39, 0.29) is 11.9 Å². The predicted octanol–water partition coefficient (Wildman–Crippen LogP) is 3.89. The van der Waals surface area contributed by atoms with Crippen LogP contribution >= 0.6 is 27.5 Å². The third-order valence-corrected chi connectivity index (χ3v) is 3.90. The van der Waals surface area contributed by atoms with Crippen molar-refractivity contribution >= 4 is 33.4 Å². The second-order valence-electron chi connectivity index (χ2n) is 4.14. The third-order valence-electron chi connectivity index (χ3n) is 2.58. The summed E-state index contributed by atoms with van der Waals surface area (Å²) >= 11 is 9.07. The van der Waals surface area contributed by atoms with Crippen LogP contribution < -0.4 is 5.32 Å². The Bertz CT molecular complexity index is 395. The second-order valence-corrected chi connectivity index (χ2v) is 5.31. The van der Waals surface area contributed by atoms with Gasteiger partial charge in [0.1, 0.15) is 0 Å². The lowest BCUT2D eigenvalue weighted by Crippen LogP contribution is -2.32. The Balaban J connectivity index is 2.67. The summed E-state index contributed by atoms with van der Waals surface area (Å²) in [5, 5.41) is 2.97. The first-order valence-corrected chi connectivity index (χ1v) is 7.01. The first kappa shape index (κ1) is 14.5. The van der Waals surface area contributed by atoms with Gasteiger partial charge in [0, 0.05) is 16.4 Å². The number of benzene rings is 1. The monoisotopic (exact) mass is 317 g/mol. The fourth-order valence-electron chi connectivity index (χ4n) is 1.58. The molecule has 0 aliphatic heterocycles. The van der Waals surface area contributed by atoms with E-state index >= 15 is 0 Å². The second kappa shape index (κ2) is 7.02. The van der Waals surface area contributed by atoms with Crippen molar-refractivity contribution in [3.63, 3.8) is 0 Å². The van der Waals surface area contributed by atoms with E-state index < -0.39 is 0 Å². The molecule has 0 radical (unpaired) electrons. The SMILES string of the molecule is Cc1cccc(C(=O)NC(C)CCCCl)c1Br. The molecule has 1 aromatic rings. The molecule has 0 aliphatic carbocycles. The summed E-state index contributed by atoms with van der Waals surface area (Å²) < 4.78 is 0.863. The van der Waals surface area contributed by atoms with Gasteiger partial charge in [-0.1, -0.05) is 12.1 Å². The normalized spacial score (nSPS) is 12.2. The molecule has 1 rings (SSSR count). The molecule has 1 aromatic carbocycles. The molecule has 0 bridgehead atoms. The Morgan fingerprint density at radius 1 is 1.53 bits per heavy atom. The zero-order valence-corrected chi connectivity index (χ0v) is 12.4. The van der Waals surface area contributed by atoms with E-state index in [1.807, 2.05) is 32.0 Å². The standard InChI is InChI=1S/C13H17BrClNO/c1-9-5-3-7-11(12(9)14)13(17)16-10(2)6-4-8-15/h3,5,7,10H,4,6,8H2,1-2H3,(H,16,17). The van der Waals surface area contributed by atoms with Gasteiger partial charge in [-0.05, 0) is 54.2 Å². The smallest absolute Gasteiger partial charge is 0.252 e. The maximum absolute atomic E-state index is 12.0.